The summed E-state index contributed by atoms with van der Waals surface area (Å²) in [5.74, 6) is 1.35. The van der Waals surface area contributed by atoms with E-state index in [0.717, 1.165) is 35.2 Å². The van der Waals surface area contributed by atoms with Crippen molar-refractivity contribution in [2.75, 3.05) is 40.4 Å². The lowest BCUT2D eigenvalue weighted by Gasteiger charge is -2.25. The Hall–Kier alpha value is -3.73. The summed E-state index contributed by atoms with van der Waals surface area (Å²) in [6.07, 6.45) is 4.27. The van der Waals surface area contributed by atoms with Gasteiger partial charge in [0.1, 0.15) is 11.5 Å². The maximum atomic E-state index is 13.1. The average molecular weight is 551 g/mol. The van der Waals surface area contributed by atoms with Crippen LogP contribution in [0, 0.1) is 0 Å². The highest BCUT2D eigenvalue weighted by Gasteiger charge is 2.21. The minimum Gasteiger partial charge on any atom is -0.497 e. The van der Waals surface area contributed by atoms with Crippen molar-refractivity contribution in [3.05, 3.63) is 95.0 Å². The molecule has 0 aliphatic carbocycles. The van der Waals surface area contributed by atoms with E-state index in [0.29, 0.717) is 32.0 Å². The molecule has 10 heteroatoms. The molecule has 39 heavy (non-hydrogen) atoms. The Balaban J connectivity index is 1.36. The van der Waals surface area contributed by atoms with Gasteiger partial charge in [-0.05, 0) is 72.6 Å². The van der Waals surface area contributed by atoms with Crippen LogP contribution in [0.5, 0.6) is 11.5 Å². The molecular weight excluding hydrogens is 516 g/mol. The lowest BCUT2D eigenvalue weighted by molar-refractivity contribution is 0.219. The lowest BCUT2D eigenvalue weighted by atomic mass is 10.2. The van der Waals surface area contributed by atoms with Crippen molar-refractivity contribution in [3.8, 4) is 11.5 Å². The number of hydrogen-bond donors (Lipinski definition) is 0. The smallest absolute Gasteiger partial charge is 0.250 e. The predicted octanol–water partition coefficient (Wildman–Crippen LogP) is 3.53. The molecule has 0 saturated carbocycles. The first-order chi connectivity index (χ1) is 18.8. The Morgan fingerprint density at radius 2 is 1.62 bits per heavy atom. The molecule has 0 bridgehead atoms. The van der Waals surface area contributed by atoms with Gasteiger partial charge in [0.05, 0.1) is 24.1 Å². The van der Waals surface area contributed by atoms with Gasteiger partial charge in [0.2, 0.25) is 10.0 Å². The number of likely N-dealkylation sites (N-methyl/N-ethyl adjacent to an activating group) is 1. The Labute approximate surface area is 229 Å². The van der Waals surface area contributed by atoms with Crippen LogP contribution < -0.4 is 15.0 Å². The van der Waals surface area contributed by atoms with Crippen molar-refractivity contribution in [2.24, 2.45) is 7.05 Å². The van der Waals surface area contributed by atoms with Crippen molar-refractivity contribution >= 4 is 20.9 Å². The number of sulfonamides is 1. The SMILES string of the molecule is COc1ccc(S(=O)(=O)N(C)CCN(CCCOc2ccc3c(ccc(=O)n3C)c2)Cc2ccncc2)cc1. The first-order valence-electron chi connectivity index (χ1n) is 12.7. The fourth-order valence-corrected chi connectivity index (χ4v) is 5.44. The fourth-order valence-electron chi connectivity index (χ4n) is 4.28. The van der Waals surface area contributed by atoms with Crippen LogP contribution in [0.2, 0.25) is 0 Å². The van der Waals surface area contributed by atoms with Gasteiger partial charge < -0.3 is 14.0 Å². The normalized spacial score (nSPS) is 11.8. The second-order valence-corrected chi connectivity index (χ2v) is 11.3. The molecule has 0 fully saturated rings. The van der Waals surface area contributed by atoms with Gasteiger partial charge in [0.25, 0.3) is 5.56 Å². The van der Waals surface area contributed by atoms with Crippen LogP contribution in [0.1, 0.15) is 12.0 Å². The van der Waals surface area contributed by atoms with Gasteiger partial charge >= 0.3 is 0 Å². The van der Waals surface area contributed by atoms with Gasteiger partial charge in [0, 0.05) is 64.1 Å². The minimum absolute atomic E-state index is 0.0482. The number of ether oxygens (including phenoxy) is 2. The number of benzene rings is 2. The lowest BCUT2D eigenvalue weighted by Crippen LogP contribution is -2.37. The van der Waals surface area contributed by atoms with E-state index in [4.69, 9.17) is 9.47 Å². The summed E-state index contributed by atoms with van der Waals surface area (Å²) < 4.78 is 40.3. The molecule has 4 rings (SSSR count). The highest BCUT2D eigenvalue weighted by molar-refractivity contribution is 7.89. The number of fused-ring (bicyclic) bond motifs is 1. The molecule has 0 amide bonds. The topological polar surface area (TPSA) is 94.0 Å². The quantitative estimate of drug-likeness (QED) is 0.235. The zero-order valence-corrected chi connectivity index (χ0v) is 23.3. The monoisotopic (exact) mass is 550 g/mol. The van der Waals surface area contributed by atoms with Gasteiger partial charge in [-0.2, -0.15) is 4.31 Å². The molecule has 0 spiro atoms. The van der Waals surface area contributed by atoms with Gasteiger partial charge in [-0.3, -0.25) is 14.7 Å². The van der Waals surface area contributed by atoms with Crippen molar-refractivity contribution in [1.29, 1.82) is 0 Å². The van der Waals surface area contributed by atoms with Gasteiger partial charge in [-0.25, -0.2) is 8.42 Å². The second-order valence-electron chi connectivity index (χ2n) is 9.29. The van der Waals surface area contributed by atoms with Gasteiger partial charge in [-0.15, -0.1) is 0 Å². The minimum atomic E-state index is -3.62. The number of nitrogens with zero attached hydrogens (tertiary/aromatic N) is 4. The summed E-state index contributed by atoms with van der Waals surface area (Å²) in [5, 5.41) is 0.940. The molecule has 0 aliphatic rings. The third kappa shape index (κ3) is 7.23. The van der Waals surface area contributed by atoms with E-state index in [9.17, 15) is 13.2 Å². The molecule has 0 atom stereocenters. The first-order valence-corrected chi connectivity index (χ1v) is 14.2. The van der Waals surface area contributed by atoms with Crippen molar-refractivity contribution in [3.63, 3.8) is 0 Å². The highest BCUT2D eigenvalue weighted by Crippen LogP contribution is 2.20. The third-order valence-corrected chi connectivity index (χ3v) is 8.51. The largest absolute Gasteiger partial charge is 0.497 e. The average Bonchev–Trinajstić information content (AvgIpc) is 2.96. The molecule has 0 saturated heterocycles. The van der Waals surface area contributed by atoms with E-state index >= 15 is 0 Å². The van der Waals surface area contributed by atoms with Crippen molar-refractivity contribution in [2.45, 2.75) is 17.9 Å². The second kappa shape index (κ2) is 12.9. The summed E-state index contributed by atoms with van der Waals surface area (Å²) in [6.45, 7) is 2.79. The fraction of sp³-hybridized carbons (Fsp3) is 0.310. The van der Waals surface area contributed by atoms with Crippen LogP contribution in [0.3, 0.4) is 0 Å². The molecule has 9 nitrogen and oxygen atoms in total. The summed E-state index contributed by atoms with van der Waals surface area (Å²) >= 11 is 0. The molecule has 4 aromatic rings. The number of aromatic nitrogens is 2. The number of pyridine rings is 2. The Morgan fingerprint density at radius 3 is 2.33 bits per heavy atom. The molecule has 2 aromatic carbocycles. The zero-order chi connectivity index (χ0) is 27.8. The number of methoxy groups -OCH3 is 1. The van der Waals surface area contributed by atoms with Crippen LogP contribution in [0.25, 0.3) is 10.9 Å². The Morgan fingerprint density at radius 1 is 0.897 bits per heavy atom. The van der Waals surface area contributed by atoms with Crippen LogP contribution in [-0.2, 0) is 23.6 Å². The van der Waals surface area contributed by atoms with Crippen LogP contribution in [0.15, 0.2) is 88.8 Å². The first kappa shape index (κ1) is 28.3. The summed E-state index contributed by atoms with van der Waals surface area (Å²) in [7, 11) is 1.28. The van der Waals surface area contributed by atoms with E-state index in [1.54, 1.807) is 74.6 Å². The summed E-state index contributed by atoms with van der Waals surface area (Å²) in [5.41, 5.74) is 1.91. The van der Waals surface area contributed by atoms with Crippen LogP contribution in [0.4, 0.5) is 0 Å². The number of rotatable bonds is 13. The van der Waals surface area contributed by atoms with Gasteiger partial charge in [-0.1, -0.05) is 0 Å². The van der Waals surface area contributed by atoms with E-state index in [2.05, 4.69) is 9.88 Å². The molecule has 2 heterocycles. The van der Waals surface area contributed by atoms with E-state index in [1.165, 1.54) is 4.31 Å². The molecule has 0 unspecified atom stereocenters. The number of hydrogen-bond acceptors (Lipinski definition) is 7. The van der Waals surface area contributed by atoms with E-state index in [-0.39, 0.29) is 10.5 Å². The molecule has 0 radical (unpaired) electrons. The molecule has 0 N–H and O–H groups in total. The number of aryl methyl sites for hydroxylation is 1. The Bertz CT molecular complexity index is 1540. The standard InChI is InChI=1S/C29H34N4O5S/c1-31(39(35,36)27-9-6-25(37-3)7-10-27)18-19-33(22-23-13-15-30-16-14-23)17-4-20-38-26-8-11-28-24(21-26)5-12-29(34)32(28)2/h5-16,21H,4,17-20,22H2,1-3H3. The van der Waals surface area contributed by atoms with Gasteiger partial charge in [0.15, 0.2) is 0 Å². The summed E-state index contributed by atoms with van der Waals surface area (Å²) in [6, 6.07) is 19.4. The van der Waals surface area contributed by atoms with Crippen LogP contribution in [-0.4, -0.2) is 67.6 Å². The predicted molar refractivity (Wildman–Crippen MR) is 152 cm³/mol. The van der Waals surface area contributed by atoms with E-state index < -0.39 is 10.0 Å². The van der Waals surface area contributed by atoms with Crippen LogP contribution >= 0.6 is 0 Å². The highest BCUT2D eigenvalue weighted by atomic mass is 32.2. The molecule has 2 aromatic heterocycles. The van der Waals surface area contributed by atoms with E-state index in [1.807, 2.05) is 30.3 Å². The third-order valence-electron chi connectivity index (χ3n) is 6.64. The molecular formula is C29H34N4O5S. The molecule has 206 valence electrons. The maximum Gasteiger partial charge on any atom is 0.250 e. The zero-order valence-electron chi connectivity index (χ0n) is 22.5. The Kier molecular flexibility index (Phi) is 9.34. The summed E-state index contributed by atoms with van der Waals surface area (Å²) in [4.78, 5) is 18.4. The van der Waals surface area contributed by atoms with Crippen molar-refractivity contribution in [1.82, 2.24) is 18.8 Å². The maximum absolute atomic E-state index is 13.1. The molecule has 0 aliphatic heterocycles. The van der Waals surface area contributed by atoms with Crippen molar-refractivity contribution < 1.29 is 17.9 Å².